The molecule has 0 saturated heterocycles. The van der Waals surface area contributed by atoms with Crippen LogP contribution in [0.2, 0.25) is 0 Å². The third kappa shape index (κ3) is 5.66. The Labute approximate surface area is 143 Å². The summed E-state index contributed by atoms with van der Waals surface area (Å²) in [6.07, 6.45) is 0. The highest BCUT2D eigenvalue weighted by atomic mass is 19.1. The molecule has 0 heterocycles. The molecule has 2 aromatic carbocycles. The smallest absolute Gasteiger partial charge is 0.191 e. The maximum atomic E-state index is 13.6. The van der Waals surface area contributed by atoms with Gasteiger partial charge in [0.2, 0.25) is 0 Å². The van der Waals surface area contributed by atoms with E-state index in [1.165, 1.54) is 17.2 Å². The maximum Gasteiger partial charge on any atom is 0.191 e. The van der Waals surface area contributed by atoms with E-state index in [4.69, 9.17) is 0 Å². The van der Waals surface area contributed by atoms with Crippen LogP contribution in [-0.2, 0) is 19.6 Å². The first kappa shape index (κ1) is 17.9. The number of benzene rings is 2. The molecule has 2 N–H and O–H groups in total. The third-order valence-electron chi connectivity index (χ3n) is 3.58. The topological polar surface area (TPSA) is 39.7 Å². The number of nitrogens with one attached hydrogen (secondary N) is 2. The van der Waals surface area contributed by atoms with Gasteiger partial charge in [0.25, 0.3) is 0 Å². The molecular formula is C19H25FN4. The molecule has 2 rings (SSSR count). The monoisotopic (exact) mass is 328 g/mol. The normalized spacial score (nSPS) is 11.6. The lowest BCUT2D eigenvalue weighted by atomic mass is 10.1. The number of rotatable bonds is 6. The molecule has 0 aliphatic carbocycles. The van der Waals surface area contributed by atoms with E-state index in [2.05, 4.69) is 58.9 Å². The van der Waals surface area contributed by atoms with Gasteiger partial charge in [-0.25, -0.2) is 4.39 Å². The number of halogens is 1. The zero-order valence-electron chi connectivity index (χ0n) is 14.5. The first-order valence-electron chi connectivity index (χ1n) is 7.99. The summed E-state index contributed by atoms with van der Waals surface area (Å²) in [5.41, 5.74) is 3.07. The number of aliphatic imine (C=N–C) groups is 1. The quantitative estimate of drug-likeness (QED) is 0.633. The number of nitrogens with zero attached hydrogens (tertiary/aromatic N) is 2. The SMILES string of the molecule is CN=C(NCc1cccc(CN(C)C)c1)NCc1ccccc1F. The molecule has 0 radical (unpaired) electrons. The van der Waals surface area contributed by atoms with Crippen molar-refractivity contribution >= 4 is 5.96 Å². The highest BCUT2D eigenvalue weighted by molar-refractivity contribution is 5.79. The molecule has 0 unspecified atom stereocenters. The lowest BCUT2D eigenvalue weighted by Crippen LogP contribution is -2.36. The van der Waals surface area contributed by atoms with Gasteiger partial charge < -0.3 is 15.5 Å². The van der Waals surface area contributed by atoms with Crippen molar-refractivity contribution in [1.82, 2.24) is 15.5 Å². The van der Waals surface area contributed by atoms with Crippen molar-refractivity contribution in [3.05, 3.63) is 71.0 Å². The van der Waals surface area contributed by atoms with E-state index in [9.17, 15) is 4.39 Å². The van der Waals surface area contributed by atoms with Crippen LogP contribution >= 0.6 is 0 Å². The van der Waals surface area contributed by atoms with Gasteiger partial charge in [0.15, 0.2) is 5.96 Å². The van der Waals surface area contributed by atoms with E-state index in [0.717, 1.165) is 6.54 Å². The molecule has 0 spiro atoms. The van der Waals surface area contributed by atoms with Crippen LogP contribution in [0.25, 0.3) is 0 Å². The van der Waals surface area contributed by atoms with Gasteiger partial charge in [-0.3, -0.25) is 4.99 Å². The predicted molar refractivity (Wildman–Crippen MR) is 97.3 cm³/mol. The zero-order valence-corrected chi connectivity index (χ0v) is 14.5. The molecule has 0 saturated carbocycles. The lowest BCUT2D eigenvalue weighted by molar-refractivity contribution is 0.402. The van der Waals surface area contributed by atoms with Gasteiger partial charge in [-0.2, -0.15) is 0 Å². The van der Waals surface area contributed by atoms with E-state index >= 15 is 0 Å². The minimum absolute atomic E-state index is 0.211. The maximum absolute atomic E-state index is 13.6. The molecule has 0 amide bonds. The van der Waals surface area contributed by atoms with Gasteiger partial charge in [0.05, 0.1) is 0 Å². The van der Waals surface area contributed by atoms with Crippen molar-refractivity contribution in [2.75, 3.05) is 21.1 Å². The summed E-state index contributed by atoms with van der Waals surface area (Å²) in [7, 11) is 5.82. The summed E-state index contributed by atoms with van der Waals surface area (Å²) >= 11 is 0. The van der Waals surface area contributed by atoms with Gasteiger partial charge in [-0.1, -0.05) is 42.5 Å². The minimum Gasteiger partial charge on any atom is -0.352 e. The Balaban J connectivity index is 1.89. The molecule has 0 aromatic heterocycles. The zero-order chi connectivity index (χ0) is 17.4. The van der Waals surface area contributed by atoms with Gasteiger partial charge in [-0.15, -0.1) is 0 Å². The molecule has 128 valence electrons. The summed E-state index contributed by atoms with van der Waals surface area (Å²) in [4.78, 5) is 6.32. The Bertz CT molecular complexity index is 683. The number of hydrogen-bond acceptors (Lipinski definition) is 2. The summed E-state index contributed by atoms with van der Waals surface area (Å²) in [5.74, 6) is 0.438. The van der Waals surface area contributed by atoms with Crippen molar-refractivity contribution in [2.45, 2.75) is 19.6 Å². The highest BCUT2D eigenvalue weighted by Crippen LogP contribution is 2.07. The summed E-state index contributed by atoms with van der Waals surface area (Å²) in [6.45, 7) is 1.97. The largest absolute Gasteiger partial charge is 0.352 e. The van der Waals surface area contributed by atoms with Crippen LogP contribution in [0.1, 0.15) is 16.7 Å². The van der Waals surface area contributed by atoms with Crippen LogP contribution in [-0.4, -0.2) is 32.0 Å². The molecule has 0 aliphatic heterocycles. The molecule has 0 atom stereocenters. The Morgan fingerprint density at radius 3 is 2.42 bits per heavy atom. The Kier molecular flexibility index (Phi) is 6.75. The number of guanidine groups is 1. The van der Waals surface area contributed by atoms with Crippen molar-refractivity contribution < 1.29 is 4.39 Å². The minimum atomic E-state index is -0.211. The molecule has 2 aromatic rings. The van der Waals surface area contributed by atoms with Crippen LogP contribution in [0, 0.1) is 5.82 Å². The van der Waals surface area contributed by atoms with Gasteiger partial charge in [-0.05, 0) is 31.3 Å². The van der Waals surface area contributed by atoms with Crippen LogP contribution in [0.5, 0.6) is 0 Å². The Morgan fingerprint density at radius 2 is 1.71 bits per heavy atom. The van der Waals surface area contributed by atoms with Crippen molar-refractivity contribution in [3.63, 3.8) is 0 Å². The average molecular weight is 328 g/mol. The van der Waals surface area contributed by atoms with E-state index in [0.29, 0.717) is 24.6 Å². The highest BCUT2D eigenvalue weighted by Gasteiger charge is 2.03. The van der Waals surface area contributed by atoms with Crippen LogP contribution in [0.4, 0.5) is 4.39 Å². The fourth-order valence-electron chi connectivity index (χ4n) is 2.43. The van der Waals surface area contributed by atoms with Crippen molar-refractivity contribution in [1.29, 1.82) is 0 Å². The fraction of sp³-hybridized carbons (Fsp3) is 0.316. The molecule has 24 heavy (non-hydrogen) atoms. The van der Waals surface area contributed by atoms with Crippen molar-refractivity contribution in [2.24, 2.45) is 4.99 Å². The summed E-state index contributed by atoms with van der Waals surface area (Å²) < 4.78 is 13.6. The van der Waals surface area contributed by atoms with Crippen LogP contribution in [0.15, 0.2) is 53.5 Å². The second kappa shape index (κ2) is 9.03. The standard InChI is InChI=1S/C19H25FN4/c1-21-19(23-13-17-9-4-5-10-18(17)20)22-12-15-7-6-8-16(11-15)14-24(2)3/h4-11H,12-14H2,1-3H3,(H2,21,22,23). The second-order valence-electron chi connectivity index (χ2n) is 5.93. The first-order valence-corrected chi connectivity index (χ1v) is 7.99. The second-order valence-corrected chi connectivity index (χ2v) is 5.93. The van der Waals surface area contributed by atoms with E-state index in [-0.39, 0.29) is 5.82 Å². The Morgan fingerprint density at radius 1 is 1.00 bits per heavy atom. The lowest BCUT2D eigenvalue weighted by Gasteiger charge is -2.14. The van der Waals surface area contributed by atoms with Gasteiger partial charge in [0, 0.05) is 32.2 Å². The molecule has 0 fully saturated rings. The first-order chi connectivity index (χ1) is 11.6. The molecule has 4 nitrogen and oxygen atoms in total. The number of hydrogen-bond donors (Lipinski definition) is 2. The van der Waals surface area contributed by atoms with Crippen LogP contribution in [0.3, 0.4) is 0 Å². The summed E-state index contributed by atoms with van der Waals surface area (Å²) in [5, 5.41) is 6.39. The predicted octanol–water partition coefficient (Wildman–Crippen LogP) is 2.75. The average Bonchev–Trinajstić information content (AvgIpc) is 2.56. The molecule has 0 aliphatic rings. The van der Waals surface area contributed by atoms with Gasteiger partial charge in [0.1, 0.15) is 5.82 Å². The van der Waals surface area contributed by atoms with Gasteiger partial charge >= 0.3 is 0 Å². The fourth-order valence-corrected chi connectivity index (χ4v) is 2.43. The van der Waals surface area contributed by atoms with Crippen LogP contribution < -0.4 is 10.6 Å². The van der Waals surface area contributed by atoms with E-state index < -0.39 is 0 Å². The van der Waals surface area contributed by atoms with E-state index in [1.807, 2.05) is 6.07 Å². The van der Waals surface area contributed by atoms with E-state index in [1.54, 1.807) is 19.2 Å². The summed E-state index contributed by atoms with van der Waals surface area (Å²) in [6, 6.07) is 15.2. The van der Waals surface area contributed by atoms with Crippen molar-refractivity contribution in [3.8, 4) is 0 Å². The molecule has 5 heteroatoms. The molecular weight excluding hydrogens is 303 g/mol. The Hall–Kier alpha value is -2.40. The molecule has 0 bridgehead atoms. The third-order valence-corrected chi connectivity index (χ3v) is 3.58.